The number of pyridine rings is 2. The van der Waals surface area contributed by atoms with Crippen LogP contribution in [0.3, 0.4) is 0 Å². The second kappa shape index (κ2) is 12.0. The lowest BCUT2D eigenvalue weighted by Crippen LogP contribution is -2.30. The van der Waals surface area contributed by atoms with Gasteiger partial charge in [0.15, 0.2) is 11.7 Å². The van der Waals surface area contributed by atoms with Crippen molar-refractivity contribution in [3.63, 3.8) is 0 Å². The van der Waals surface area contributed by atoms with Crippen molar-refractivity contribution in [1.82, 2.24) is 19.9 Å². The molecule has 2 atom stereocenters. The standard InChI is InChI=1S/C32H28N6O2S/c39-29(22-40-26-9-2-1-3-10-26)35-24-13-15-25(16-14-24)38-31(30(36-32(38)41)27-11-4-5-18-34-27)28-12-7-19-37(28)21-23-8-6-17-33-20-23/h1-20,30-31H,21-22H2,(H,35,39)(H,36,41). The highest BCUT2D eigenvalue weighted by Crippen LogP contribution is 2.42. The summed E-state index contributed by atoms with van der Waals surface area (Å²) >= 11 is 5.89. The van der Waals surface area contributed by atoms with E-state index in [0.717, 1.165) is 22.6 Å². The molecule has 8 nitrogen and oxygen atoms in total. The van der Waals surface area contributed by atoms with Crippen LogP contribution in [-0.2, 0) is 11.3 Å². The first-order chi connectivity index (χ1) is 20.2. The normalized spacial score (nSPS) is 16.3. The molecule has 1 aliphatic heterocycles. The summed E-state index contributed by atoms with van der Waals surface area (Å²) in [6.45, 7) is 0.603. The Morgan fingerprint density at radius 1 is 0.927 bits per heavy atom. The number of rotatable bonds is 9. The molecule has 1 amide bonds. The predicted octanol–water partition coefficient (Wildman–Crippen LogP) is 5.52. The van der Waals surface area contributed by atoms with Crippen LogP contribution in [0.25, 0.3) is 0 Å². The Hall–Kier alpha value is -5.02. The third kappa shape index (κ3) is 5.95. The Bertz CT molecular complexity index is 1610. The number of nitrogens with zero attached hydrogens (tertiary/aromatic N) is 4. The number of carbonyl (C=O) groups excluding carboxylic acids is 1. The summed E-state index contributed by atoms with van der Waals surface area (Å²) in [6.07, 6.45) is 7.54. The first-order valence-corrected chi connectivity index (χ1v) is 13.7. The van der Waals surface area contributed by atoms with E-state index in [4.69, 9.17) is 17.0 Å². The number of hydrogen-bond donors (Lipinski definition) is 2. The smallest absolute Gasteiger partial charge is 0.262 e. The van der Waals surface area contributed by atoms with Crippen molar-refractivity contribution >= 4 is 34.6 Å². The Morgan fingerprint density at radius 3 is 2.51 bits per heavy atom. The quantitative estimate of drug-likeness (QED) is 0.230. The van der Waals surface area contributed by atoms with Crippen LogP contribution in [0, 0.1) is 0 Å². The van der Waals surface area contributed by atoms with Crippen LogP contribution in [0.15, 0.2) is 122 Å². The van der Waals surface area contributed by atoms with Crippen LogP contribution in [0.2, 0.25) is 0 Å². The molecule has 0 bridgehead atoms. The average molecular weight is 561 g/mol. The molecule has 9 heteroatoms. The van der Waals surface area contributed by atoms with Gasteiger partial charge in [0.2, 0.25) is 0 Å². The molecule has 5 aromatic rings. The van der Waals surface area contributed by atoms with E-state index < -0.39 is 0 Å². The number of para-hydroxylation sites is 1. The molecule has 1 saturated heterocycles. The van der Waals surface area contributed by atoms with Crippen LogP contribution in [-0.4, -0.2) is 32.2 Å². The van der Waals surface area contributed by atoms with Gasteiger partial charge in [-0.1, -0.05) is 30.3 Å². The second-order valence-corrected chi connectivity index (χ2v) is 10.0. The fourth-order valence-electron chi connectivity index (χ4n) is 5.03. The lowest BCUT2D eigenvalue weighted by atomic mass is 10.0. The molecule has 2 N–H and O–H groups in total. The summed E-state index contributed by atoms with van der Waals surface area (Å²) in [5.41, 5.74) is 4.67. The molecule has 41 heavy (non-hydrogen) atoms. The molecule has 204 valence electrons. The minimum atomic E-state index is -0.235. The third-order valence-electron chi connectivity index (χ3n) is 6.88. The van der Waals surface area contributed by atoms with Gasteiger partial charge in [-0.25, -0.2) is 0 Å². The van der Waals surface area contributed by atoms with Crippen LogP contribution in [0.1, 0.15) is 29.0 Å². The van der Waals surface area contributed by atoms with Crippen molar-refractivity contribution < 1.29 is 9.53 Å². The minimum absolute atomic E-state index is 0.0757. The predicted molar refractivity (Wildman–Crippen MR) is 163 cm³/mol. The van der Waals surface area contributed by atoms with E-state index in [0.29, 0.717) is 23.1 Å². The van der Waals surface area contributed by atoms with Gasteiger partial charge >= 0.3 is 0 Å². The van der Waals surface area contributed by atoms with Gasteiger partial charge in [0.1, 0.15) is 11.8 Å². The highest BCUT2D eigenvalue weighted by Gasteiger charge is 2.42. The Balaban J connectivity index is 1.25. The van der Waals surface area contributed by atoms with Crippen LogP contribution in [0.4, 0.5) is 11.4 Å². The summed E-state index contributed by atoms with van der Waals surface area (Å²) in [5, 5.41) is 7.01. The van der Waals surface area contributed by atoms with Crippen molar-refractivity contribution in [2.45, 2.75) is 18.6 Å². The lowest BCUT2D eigenvalue weighted by Gasteiger charge is -2.29. The Kier molecular flexibility index (Phi) is 7.68. The molecular formula is C32H28N6O2S. The van der Waals surface area contributed by atoms with Crippen molar-refractivity contribution in [3.8, 4) is 5.75 Å². The van der Waals surface area contributed by atoms with Crippen molar-refractivity contribution in [3.05, 3.63) is 139 Å². The average Bonchev–Trinajstić information content (AvgIpc) is 3.61. The molecule has 6 rings (SSSR count). The van der Waals surface area contributed by atoms with Crippen molar-refractivity contribution in [2.24, 2.45) is 0 Å². The number of nitrogens with one attached hydrogen (secondary N) is 2. The van der Waals surface area contributed by atoms with Gasteiger partial charge in [0.05, 0.1) is 11.7 Å². The summed E-state index contributed by atoms with van der Waals surface area (Å²) < 4.78 is 7.79. The van der Waals surface area contributed by atoms with E-state index in [-0.39, 0.29) is 24.6 Å². The number of anilines is 2. The van der Waals surface area contributed by atoms with Crippen molar-refractivity contribution in [2.75, 3.05) is 16.8 Å². The third-order valence-corrected chi connectivity index (χ3v) is 7.20. The summed E-state index contributed by atoms with van der Waals surface area (Å²) in [5.74, 6) is 0.413. The number of aromatic nitrogens is 3. The number of carbonyl (C=O) groups is 1. The van der Waals surface area contributed by atoms with E-state index in [1.807, 2.05) is 85.1 Å². The SMILES string of the molecule is O=C(COc1ccccc1)Nc1ccc(N2C(=S)NC(c3ccccn3)C2c2cccn2Cc2cccnc2)cc1. The van der Waals surface area contributed by atoms with Crippen LogP contribution in [0.5, 0.6) is 5.75 Å². The highest BCUT2D eigenvalue weighted by molar-refractivity contribution is 7.80. The largest absolute Gasteiger partial charge is 0.484 e. The number of amides is 1. The molecule has 0 spiro atoms. The molecular weight excluding hydrogens is 532 g/mol. The van der Waals surface area contributed by atoms with Gasteiger partial charge in [-0.2, -0.15) is 0 Å². The lowest BCUT2D eigenvalue weighted by molar-refractivity contribution is -0.118. The molecule has 2 unspecified atom stereocenters. The Labute approximate surface area is 243 Å². The number of benzene rings is 2. The molecule has 1 fully saturated rings. The molecule has 3 aromatic heterocycles. The number of ether oxygens (including phenoxy) is 1. The first-order valence-electron chi connectivity index (χ1n) is 13.3. The van der Waals surface area contributed by atoms with Crippen LogP contribution >= 0.6 is 12.2 Å². The first kappa shape index (κ1) is 26.2. The molecule has 0 saturated carbocycles. The Morgan fingerprint density at radius 2 is 1.76 bits per heavy atom. The highest BCUT2D eigenvalue weighted by atomic mass is 32.1. The zero-order chi connectivity index (χ0) is 28.0. The summed E-state index contributed by atoms with van der Waals surface area (Å²) in [4.78, 5) is 23.5. The number of thiocarbonyl (C=S) groups is 1. The molecule has 0 radical (unpaired) electrons. The fourth-order valence-corrected chi connectivity index (χ4v) is 5.38. The van der Waals surface area contributed by atoms with E-state index in [9.17, 15) is 4.79 Å². The summed E-state index contributed by atoms with van der Waals surface area (Å²) in [6, 6.07) is 30.7. The maximum Gasteiger partial charge on any atom is 0.262 e. The van der Waals surface area contributed by atoms with Gasteiger partial charge in [-0.05, 0) is 84.5 Å². The zero-order valence-electron chi connectivity index (χ0n) is 22.1. The molecule has 0 aliphatic carbocycles. The van der Waals surface area contributed by atoms with Gasteiger partial charge in [-0.15, -0.1) is 0 Å². The van der Waals surface area contributed by atoms with E-state index in [2.05, 4.69) is 54.5 Å². The second-order valence-electron chi connectivity index (χ2n) is 9.62. The van der Waals surface area contributed by atoms with Gasteiger partial charge in [-0.3, -0.25) is 14.8 Å². The minimum Gasteiger partial charge on any atom is -0.484 e. The summed E-state index contributed by atoms with van der Waals surface area (Å²) in [7, 11) is 0. The van der Waals surface area contributed by atoms with Gasteiger partial charge < -0.3 is 24.8 Å². The maximum atomic E-state index is 12.5. The maximum absolute atomic E-state index is 12.5. The monoisotopic (exact) mass is 560 g/mol. The van der Waals surface area contributed by atoms with E-state index >= 15 is 0 Å². The molecule has 4 heterocycles. The van der Waals surface area contributed by atoms with Crippen LogP contribution < -0.4 is 20.3 Å². The van der Waals surface area contributed by atoms with E-state index in [1.54, 1.807) is 12.4 Å². The molecule has 1 aliphatic rings. The topological polar surface area (TPSA) is 84.3 Å². The van der Waals surface area contributed by atoms with E-state index in [1.165, 1.54) is 0 Å². The van der Waals surface area contributed by atoms with Gasteiger partial charge in [0, 0.05) is 48.4 Å². The number of hydrogen-bond acceptors (Lipinski definition) is 5. The molecule has 2 aromatic carbocycles. The van der Waals surface area contributed by atoms with Crippen molar-refractivity contribution in [1.29, 1.82) is 0 Å². The zero-order valence-corrected chi connectivity index (χ0v) is 22.9. The van der Waals surface area contributed by atoms with Gasteiger partial charge in [0.25, 0.3) is 5.91 Å². The fraction of sp³-hybridized carbons (Fsp3) is 0.125.